The summed E-state index contributed by atoms with van der Waals surface area (Å²) in [4.78, 5) is 36.7. The van der Waals surface area contributed by atoms with Crippen LogP contribution in [0.1, 0.15) is 149 Å². The third kappa shape index (κ3) is 34.0. The van der Waals surface area contributed by atoms with Crippen molar-refractivity contribution in [2.24, 2.45) is 0 Å². The van der Waals surface area contributed by atoms with Crippen molar-refractivity contribution in [3.63, 3.8) is 0 Å². The molecule has 0 spiro atoms. The number of aliphatic carboxylic acids is 1. The first-order valence-corrected chi connectivity index (χ1v) is 19.6. The van der Waals surface area contributed by atoms with Crippen LogP contribution in [0.3, 0.4) is 0 Å². The van der Waals surface area contributed by atoms with E-state index in [0.717, 1.165) is 70.6 Å². The smallest absolute Gasteiger partial charge is 0.306 e. The van der Waals surface area contributed by atoms with Crippen LogP contribution in [0.4, 0.5) is 0 Å². The molecule has 0 heterocycles. The first-order chi connectivity index (χ1) is 24.1. The number of likely N-dealkylation sites (N-methyl/N-ethyl adjacent to an activating group) is 1. The van der Waals surface area contributed by atoms with Crippen LogP contribution in [0.25, 0.3) is 0 Å². The van der Waals surface area contributed by atoms with Crippen LogP contribution in [0.15, 0.2) is 36.5 Å². The van der Waals surface area contributed by atoms with Gasteiger partial charge in [0, 0.05) is 12.8 Å². The number of nitrogens with zero attached hydrogens (tertiary/aromatic N) is 1. The van der Waals surface area contributed by atoms with Gasteiger partial charge < -0.3 is 33.3 Å². The Labute approximate surface area is 305 Å². The molecule has 9 heteroatoms. The van der Waals surface area contributed by atoms with Gasteiger partial charge in [0.05, 0.1) is 40.3 Å². The van der Waals surface area contributed by atoms with Gasteiger partial charge in [0.25, 0.3) is 0 Å². The highest BCUT2D eigenvalue weighted by Crippen LogP contribution is 2.13. The lowest BCUT2D eigenvalue weighted by Crippen LogP contribution is -2.44. The minimum atomic E-state index is -1.62. The van der Waals surface area contributed by atoms with Crippen molar-refractivity contribution >= 4 is 17.9 Å². The number of esters is 2. The van der Waals surface area contributed by atoms with E-state index in [0.29, 0.717) is 17.4 Å². The van der Waals surface area contributed by atoms with Crippen molar-refractivity contribution in [2.45, 2.75) is 161 Å². The number of carbonyl (C=O) groups excluding carboxylic acids is 3. The molecule has 0 aliphatic heterocycles. The standard InChI is InChI=1S/C41H73NO8/c1-6-8-10-12-14-16-18-19-20-21-22-24-26-28-30-32-39(44)50-37(36-49-41(40(45)46)47-34-33-42(3,4)5)35-48-38(43)31-29-27-25-23-17-15-13-11-9-7-2/h8,10,14,16,19-20,37,41H,6-7,9,11-13,15,17-18,21-36H2,1-5H3/b10-8-,16-14-,20-19-. The Morgan fingerprint density at radius 2 is 1.14 bits per heavy atom. The van der Waals surface area contributed by atoms with Crippen LogP contribution in [0.5, 0.6) is 0 Å². The van der Waals surface area contributed by atoms with Crippen LogP contribution in [0.2, 0.25) is 0 Å². The van der Waals surface area contributed by atoms with Crippen molar-refractivity contribution in [1.29, 1.82) is 0 Å². The Morgan fingerprint density at radius 3 is 1.70 bits per heavy atom. The van der Waals surface area contributed by atoms with Crippen molar-refractivity contribution < 1.29 is 42.9 Å². The fourth-order valence-electron chi connectivity index (χ4n) is 5.08. The molecular formula is C41H73NO8. The summed E-state index contributed by atoms with van der Waals surface area (Å²) in [6, 6.07) is 0. The summed E-state index contributed by atoms with van der Waals surface area (Å²) in [7, 11) is 5.89. The van der Waals surface area contributed by atoms with Gasteiger partial charge in [-0.1, -0.05) is 127 Å². The molecule has 0 fully saturated rings. The summed E-state index contributed by atoms with van der Waals surface area (Å²) in [5.41, 5.74) is 0. The molecule has 0 bridgehead atoms. The Kier molecular flexibility index (Phi) is 32.0. The summed E-state index contributed by atoms with van der Waals surface area (Å²) < 4.78 is 22.4. The van der Waals surface area contributed by atoms with E-state index in [-0.39, 0.29) is 38.6 Å². The summed E-state index contributed by atoms with van der Waals surface area (Å²) in [5, 5.41) is 11.6. The van der Waals surface area contributed by atoms with Crippen LogP contribution >= 0.6 is 0 Å². The molecule has 50 heavy (non-hydrogen) atoms. The van der Waals surface area contributed by atoms with E-state index in [1.165, 1.54) is 44.9 Å². The molecule has 0 rings (SSSR count). The van der Waals surface area contributed by atoms with E-state index in [1.807, 2.05) is 21.1 Å². The summed E-state index contributed by atoms with van der Waals surface area (Å²) in [5.74, 6) is -2.31. The van der Waals surface area contributed by atoms with Crippen molar-refractivity contribution in [1.82, 2.24) is 0 Å². The Morgan fingerprint density at radius 1 is 0.620 bits per heavy atom. The van der Waals surface area contributed by atoms with Gasteiger partial charge in [0.2, 0.25) is 0 Å². The van der Waals surface area contributed by atoms with Crippen molar-refractivity contribution in [2.75, 3.05) is 47.5 Å². The molecule has 0 saturated heterocycles. The number of quaternary nitrogens is 1. The number of rotatable bonds is 35. The second-order valence-electron chi connectivity index (χ2n) is 14.2. The number of carboxylic acids is 1. The maximum absolute atomic E-state index is 12.7. The first-order valence-electron chi connectivity index (χ1n) is 19.6. The fraction of sp³-hybridized carbons (Fsp3) is 0.780. The van der Waals surface area contributed by atoms with Gasteiger partial charge >= 0.3 is 11.9 Å². The molecule has 2 unspecified atom stereocenters. The van der Waals surface area contributed by atoms with E-state index < -0.39 is 24.3 Å². The fourth-order valence-corrected chi connectivity index (χ4v) is 5.08. The van der Waals surface area contributed by atoms with Crippen LogP contribution in [-0.2, 0) is 33.3 Å². The molecule has 2 atom stereocenters. The van der Waals surface area contributed by atoms with Gasteiger partial charge in [0.15, 0.2) is 12.4 Å². The highest BCUT2D eigenvalue weighted by molar-refractivity contribution is 5.70. The second kappa shape index (κ2) is 33.6. The zero-order valence-corrected chi connectivity index (χ0v) is 32.5. The quantitative estimate of drug-likeness (QED) is 0.0213. The molecule has 0 saturated carbocycles. The molecule has 0 radical (unpaired) electrons. The molecule has 290 valence electrons. The summed E-state index contributed by atoms with van der Waals surface area (Å²) in [6.45, 7) is 4.57. The lowest BCUT2D eigenvalue weighted by Gasteiger charge is -2.26. The molecular weight excluding hydrogens is 634 g/mol. The maximum Gasteiger partial charge on any atom is 0.306 e. The zero-order valence-electron chi connectivity index (χ0n) is 32.5. The first kappa shape index (κ1) is 47.5. The van der Waals surface area contributed by atoms with E-state index in [1.54, 1.807) is 0 Å². The molecule has 0 N–H and O–H groups in total. The number of unbranched alkanes of at least 4 members (excludes halogenated alkanes) is 14. The van der Waals surface area contributed by atoms with Gasteiger partial charge in [-0.25, -0.2) is 0 Å². The van der Waals surface area contributed by atoms with Crippen LogP contribution < -0.4 is 5.11 Å². The molecule has 0 amide bonds. The van der Waals surface area contributed by atoms with Crippen LogP contribution in [-0.4, -0.2) is 82.3 Å². The summed E-state index contributed by atoms with van der Waals surface area (Å²) >= 11 is 0. The normalized spacial score (nSPS) is 13.4. The SMILES string of the molecule is CC/C=C\C/C=C\C/C=C\CCCCCCCC(=O)OC(COC(=O)CCCCCCCCCCCC)COC(OCC[N+](C)(C)C)C(=O)[O-]. The highest BCUT2D eigenvalue weighted by atomic mass is 16.7. The number of hydrogen-bond donors (Lipinski definition) is 0. The number of hydrogen-bond acceptors (Lipinski definition) is 8. The van der Waals surface area contributed by atoms with Gasteiger partial charge in [-0.3, -0.25) is 9.59 Å². The molecule has 0 aromatic heterocycles. The summed E-state index contributed by atoms with van der Waals surface area (Å²) in [6.07, 6.45) is 31.8. The van der Waals surface area contributed by atoms with Gasteiger partial charge in [-0.15, -0.1) is 0 Å². The number of carbonyl (C=O) groups is 3. The third-order valence-electron chi connectivity index (χ3n) is 8.15. The molecule has 9 nitrogen and oxygen atoms in total. The van der Waals surface area contributed by atoms with Gasteiger partial charge in [0.1, 0.15) is 13.2 Å². The molecule has 0 aliphatic rings. The van der Waals surface area contributed by atoms with E-state index >= 15 is 0 Å². The van der Waals surface area contributed by atoms with Crippen LogP contribution in [0, 0.1) is 0 Å². The Hall–Kier alpha value is -2.49. The minimum Gasteiger partial charge on any atom is -0.545 e. The zero-order chi connectivity index (χ0) is 37.1. The largest absolute Gasteiger partial charge is 0.545 e. The Bertz CT molecular complexity index is 924. The minimum absolute atomic E-state index is 0.144. The third-order valence-corrected chi connectivity index (χ3v) is 8.15. The van der Waals surface area contributed by atoms with Gasteiger partial charge in [-0.2, -0.15) is 0 Å². The predicted molar refractivity (Wildman–Crippen MR) is 200 cm³/mol. The van der Waals surface area contributed by atoms with E-state index in [4.69, 9.17) is 18.9 Å². The average molecular weight is 708 g/mol. The molecule has 0 aromatic rings. The number of ether oxygens (including phenoxy) is 4. The lowest BCUT2D eigenvalue weighted by molar-refractivity contribution is -0.870. The van der Waals surface area contributed by atoms with Crippen molar-refractivity contribution in [3.05, 3.63) is 36.5 Å². The average Bonchev–Trinajstić information content (AvgIpc) is 3.06. The Balaban J connectivity index is 4.55. The maximum atomic E-state index is 12.7. The van der Waals surface area contributed by atoms with Gasteiger partial charge in [-0.05, 0) is 44.9 Å². The van der Waals surface area contributed by atoms with Crippen molar-refractivity contribution in [3.8, 4) is 0 Å². The topological polar surface area (TPSA) is 111 Å². The predicted octanol–water partition coefficient (Wildman–Crippen LogP) is 8.16. The number of allylic oxidation sites excluding steroid dienone is 6. The number of carboxylic acid groups (broad SMARTS) is 1. The monoisotopic (exact) mass is 708 g/mol. The molecule has 0 aromatic carbocycles. The second-order valence-corrected chi connectivity index (χ2v) is 14.2. The highest BCUT2D eigenvalue weighted by Gasteiger charge is 2.21. The van der Waals surface area contributed by atoms with E-state index in [9.17, 15) is 19.5 Å². The van der Waals surface area contributed by atoms with E-state index in [2.05, 4.69) is 50.3 Å². The lowest BCUT2D eigenvalue weighted by atomic mass is 10.1. The molecule has 0 aliphatic carbocycles.